The van der Waals surface area contributed by atoms with Gasteiger partial charge in [0.2, 0.25) is 5.88 Å². The molecule has 1 N–H and O–H groups in total. The van der Waals surface area contributed by atoms with Crippen LogP contribution in [0.3, 0.4) is 0 Å². The van der Waals surface area contributed by atoms with Gasteiger partial charge in [-0.25, -0.2) is 9.78 Å². The molecule has 3 aliphatic rings. The average Bonchev–Trinajstić information content (AvgIpc) is 3.16. The van der Waals surface area contributed by atoms with Crippen molar-refractivity contribution in [2.45, 2.75) is 69.5 Å². The summed E-state index contributed by atoms with van der Waals surface area (Å²) >= 11 is 0. The number of pyridine rings is 1. The highest BCUT2D eigenvalue weighted by Crippen LogP contribution is 2.40. The van der Waals surface area contributed by atoms with Crippen LogP contribution in [0.15, 0.2) is 36.5 Å². The van der Waals surface area contributed by atoms with Gasteiger partial charge < -0.3 is 14.8 Å². The molecule has 0 aromatic carbocycles. The van der Waals surface area contributed by atoms with Gasteiger partial charge in [-0.15, -0.1) is 10.2 Å². The number of aromatic nitrogens is 3. The lowest BCUT2D eigenvalue weighted by atomic mass is 9.78. The molecule has 2 aromatic heterocycles. The van der Waals surface area contributed by atoms with Crippen LogP contribution < -0.4 is 15.0 Å². The third kappa shape index (κ3) is 4.79. The predicted octanol–water partition coefficient (Wildman–Crippen LogP) is 4.58. The smallest absolute Gasteiger partial charge is 0.416 e. The van der Waals surface area contributed by atoms with Crippen molar-refractivity contribution in [2.75, 3.05) is 23.3 Å². The van der Waals surface area contributed by atoms with E-state index in [0.717, 1.165) is 50.9 Å². The number of carbonyl (C=O) groups excluding carboxylic acids is 1. The molecule has 2 saturated carbocycles. The molecule has 2 aliphatic carbocycles. The fourth-order valence-electron chi connectivity index (χ4n) is 5.06. The number of nitrogens with zero attached hydrogens (tertiary/aromatic N) is 4. The van der Waals surface area contributed by atoms with Gasteiger partial charge in [-0.3, -0.25) is 4.90 Å². The van der Waals surface area contributed by atoms with Gasteiger partial charge in [0.05, 0.1) is 6.54 Å². The standard InChI is InChI=1S/C24H31N5O3/c30-23-29(21-8-4-5-15-25-21)17-24(32-23)13-11-18(12-14-24)16-26-20-9-10-22(28-27-20)31-19-6-2-1-3-7-19/h4-5,8-10,15,18-19H,1-3,6-7,11-14,16-17H2,(H,26,27). The minimum Gasteiger partial charge on any atom is -0.473 e. The van der Waals surface area contributed by atoms with Gasteiger partial charge in [-0.1, -0.05) is 12.5 Å². The van der Waals surface area contributed by atoms with Gasteiger partial charge in [0.1, 0.15) is 23.3 Å². The molecule has 1 amide bonds. The first-order valence-corrected chi connectivity index (χ1v) is 11.8. The molecule has 32 heavy (non-hydrogen) atoms. The van der Waals surface area contributed by atoms with Crippen molar-refractivity contribution in [3.63, 3.8) is 0 Å². The number of rotatable bonds is 6. The summed E-state index contributed by atoms with van der Waals surface area (Å²) in [5, 5.41) is 11.9. The van der Waals surface area contributed by atoms with Crippen molar-refractivity contribution in [3.8, 4) is 5.88 Å². The maximum Gasteiger partial charge on any atom is 0.416 e. The number of carbonyl (C=O) groups is 1. The molecule has 170 valence electrons. The number of hydrogen-bond acceptors (Lipinski definition) is 7. The summed E-state index contributed by atoms with van der Waals surface area (Å²) in [7, 11) is 0. The second-order valence-corrected chi connectivity index (χ2v) is 9.28. The molecule has 0 bridgehead atoms. The number of amides is 1. The third-order valence-electron chi connectivity index (χ3n) is 6.96. The Labute approximate surface area is 188 Å². The Morgan fingerprint density at radius 1 is 1.06 bits per heavy atom. The second kappa shape index (κ2) is 9.30. The van der Waals surface area contributed by atoms with E-state index in [2.05, 4.69) is 20.5 Å². The largest absolute Gasteiger partial charge is 0.473 e. The van der Waals surface area contributed by atoms with Gasteiger partial charge in [0, 0.05) is 18.8 Å². The molecule has 8 nitrogen and oxygen atoms in total. The van der Waals surface area contributed by atoms with Crippen LogP contribution in [0, 0.1) is 5.92 Å². The normalized spacial score (nSPS) is 26.2. The first kappa shape index (κ1) is 21.0. The summed E-state index contributed by atoms with van der Waals surface area (Å²) in [6, 6.07) is 9.44. The lowest BCUT2D eigenvalue weighted by molar-refractivity contribution is 0.0148. The van der Waals surface area contributed by atoms with E-state index in [1.54, 1.807) is 11.1 Å². The number of ether oxygens (including phenoxy) is 2. The summed E-state index contributed by atoms with van der Waals surface area (Å²) in [4.78, 5) is 18.4. The van der Waals surface area contributed by atoms with E-state index in [9.17, 15) is 4.79 Å². The van der Waals surface area contributed by atoms with E-state index in [1.165, 1.54) is 19.3 Å². The Balaban J connectivity index is 1.08. The number of nitrogens with one attached hydrogen (secondary N) is 1. The lowest BCUT2D eigenvalue weighted by Gasteiger charge is -2.35. The van der Waals surface area contributed by atoms with Gasteiger partial charge in [0.15, 0.2) is 0 Å². The molecule has 3 heterocycles. The summed E-state index contributed by atoms with van der Waals surface area (Å²) in [6.45, 7) is 1.42. The monoisotopic (exact) mass is 437 g/mol. The highest BCUT2D eigenvalue weighted by atomic mass is 16.6. The quantitative estimate of drug-likeness (QED) is 0.707. The van der Waals surface area contributed by atoms with E-state index >= 15 is 0 Å². The first-order chi connectivity index (χ1) is 15.7. The summed E-state index contributed by atoms with van der Waals surface area (Å²) in [6.07, 6.45) is 11.5. The molecule has 1 spiro atoms. The number of anilines is 2. The topological polar surface area (TPSA) is 89.5 Å². The van der Waals surface area contributed by atoms with Crippen LogP contribution in [-0.2, 0) is 4.74 Å². The average molecular weight is 438 g/mol. The number of hydrogen-bond donors (Lipinski definition) is 1. The van der Waals surface area contributed by atoms with Crippen LogP contribution in [-0.4, -0.2) is 46.1 Å². The molecule has 8 heteroatoms. The van der Waals surface area contributed by atoms with E-state index in [1.807, 2.05) is 30.3 Å². The van der Waals surface area contributed by atoms with Crippen molar-refractivity contribution in [2.24, 2.45) is 5.92 Å². The summed E-state index contributed by atoms with van der Waals surface area (Å²) in [5.74, 6) is 2.56. The SMILES string of the molecule is O=C1OC2(CCC(CNc3ccc(OC4CCCCC4)nn3)CC2)CN1c1ccccn1. The van der Waals surface area contributed by atoms with E-state index < -0.39 is 0 Å². The Morgan fingerprint density at radius 3 is 2.62 bits per heavy atom. The first-order valence-electron chi connectivity index (χ1n) is 11.8. The van der Waals surface area contributed by atoms with Gasteiger partial charge in [-0.05, 0) is 75.5 Å². The minimum atomic E-state index is -0.386. The minimum absolute atomic E-state index is 0.282. The third-order valence-corrected chi connectivity index (χ3v) is 6.96. The van der Waals surface area contributed by atoms with Gasteiger partial charge in [0.25, 0.3) is 0 Å². The van der Waals surface area contributed by atoms with E-state index in [4.69, 9.17) is 9.47 Å². The highest BCUT2D eigenvalue weighted by molar-refractivity contribution is 5.89. The van der Waals surface area contributed by atoms with Crippen LogP contribution in [0.4, 0.5) is 16.4 Å². The van der Waals surface area contributed by atoms with Gasteiger partial charge in [-0.2, -0.15) is 0 Å². The second-order valence-electron chi connectivity index (χ2n) is 9.28. The molecule has 5 rings (SSSR count). The van der Waals surface area contributed by atoms with Crippen molar-refractivity contribution < 1.29 is 14.3 Å². The van der Waals surface area contributed by atoms with Crippen molar-refractivity contribution >= 4 is 17.7 Å². The predicted molar refractivity (Wildman–Crippen MR) is 121 cm³/mol. The fraction of sp³-hybridized carbons (Fsp3) is 0.583. The highest BCUT2D eigenvalue weighted by Gasteiger charge is 2.47. The van der Waals surface area contributed by atoms with Crippen molar-refractivity contribution in [1.82, 2.24) is 15.2 Å². The maximum absolute atomic E-state index is 12.4. The Morgan fingerprint density at radius 2 is 1.91 bits per heavy atom. The van der Waals surface area contributed by atoms with Crippen LogP contribution in [0.1, 0.15) is 57.8 Å². The lowest BCUT2D eigenvalue weighted by Crippen LogP contribution is -2.39. The Bertz CT molecular complexity index is 894. The van der Waals surface area contributed by atoms with E-state index in [-0.39, 0.29) is 17.8 Å². The zero-order valence-electron chi connectivity index (χ0n) is 18.4. The van der Waals surface area contributed by atoms with Crippen LogP contribution >= 0.6 is 0 Å². The molecule has 1 aliphatic heterocycles. The molecule has 1 saturated heterocycles. The molecular weight excluding hydrogens is 406 g/mol. The van der Waals surface area contributed by atoms with Crippen molar-refractivity contribution in [1.29, 1.82) is 0 Å². The van der Waals surface area contributed by atoms with Crippen LogP contribution in [0.25, 0.3) is 0 Å². The molecule has 2 aromatic rings. The van der Waals surface area contributed by atoms with Crippen LogP contribution in [0.2, 0.25) is 0 Å². The molecule has 3 fully saturated rings. The van der Waals surface area contributed by atoms with E-state index in [0.29, 0.717) is 24.2 Å². The Kier molecular flexibility index (Phi) is 6.10. The molecule has 0 unspecified atom stereocenters. The molecular formula is C24H31N5O3. The van der Waals surface area contributed by atoms with Crippen LogP contribution in [0.5, 0.6) is 5.88 Å². The molecule has 0 radical (unpaired) electrons. The maximum atomic E-state index is 12.4. The fourth-order valence-corrected chi connectivity index (χ4v) is 5.06. The summed E-state index contributed by atoms with van der Waals surface area (Å²) in [5.41, 5.74) is -0.386. The summed E-state index contributed by atoms with van der Waals surface area (Å²) < 4.78 is 11.8. The zero-order chi connectivity index (χ0) is 21.8. The van der Waals surface area contributed by atoms with Gasteiger partial charge >= 0.3 is 6.09 Å². The Hall–Kier alpha value is -2.90. The molecule has 0 atom stereocenters. The zero-order valence-corrected chi connectivity index (χ0v) is 18.4. The van der Waals surface area contributed by atoms with Crippen molar-refractivity contribution in [3.05, 3.63) is 36.5 Å².